The summed E-state index contributed by atoms with van der Waals surface area (Å²) in [6.45, 7) is 9.73. The van der Waals surface area contributed by atoms with Crippen LogP contribution in [0.5, 0.6) is 0 Å². The number of methoxy groups -OCH3 is 1. The second-order valence-corrected chi connectivity index (χ2v) is 8.80. The second-order valence-electron chi connectivity index (χ2n) is 8.80. The third-order valence-corrected chi connectivity index (χ3v) is 5.52. The van der Waals surface area contributed by atoms with Crippen molar-refractivity contribution in [2.75, 3.05) is 33.4 Å². The zero-order chi connectivity index (χ0) is 17.7. The van der Waals surface area contributed by atoms with Crippen molar-refractivity contribution in [2.24, 2.45) is 17.3 Å². The van der Waals surface area contributed by atoms with Gasteiger partial charge in [0.1, 0.15) is 0 Å². The highest BCUT2D eigenvalue weighted by atomic mass is 16.5. The minimum Gasteiger partial charge on any atom is -0.389 e. The van der Waals surface area contributed by atoms with Crippen molar-refractivity contribution in [3.05, 3.63) is 0 Å². The summed E-state index contributed by atoms with van der Waals surface area (Å²) in [4.78, 5) is 14.9. The van der Waals surface area contributed by atoms with Gasteiger partial charge in [0.2, 0.25) is 5.91 Å². The van der Waals surface area contributed by atoms with Crippen molar-refractivity contribution in [2.45, 2.75) is 65.0 Å². The molecule has 140 valence electrons. The number of likely N-dealkylation sites (tertiary alicyclic amines) is 1. The van der Waals surface area contributed by atoms with Crippen molar-refractivity contribution >= 4 is 5.91 Å². The number of amides is 1. The van der Waals surface area contributed by atoms with E-state index in [1.165, 1.54) is 6.42 Å². The lowest BCUT2D eigenvalue weighted by molar-refractivity contribution is -0.129. The Morgan fingerprint density at radius 2 is 2.00 bits per heavy atom. The van der Waals surface area contributed by atoms with Crippen LogP contribution in [0.4, 0.5) is 0 Å². The van der Waals surface area contributed by atoms with E-state index < -0.39 is 6.10 Å². The van der Waals surface area contributed by atoms with Crippen LogP contribution in [0.2, 0.25) is 0 Å². The molecule has 5 heteroatoms. The molecule has 0 aromatic carbocycles. The molecule has 1 saturated carbocycles. The molecule has 3 atom stereocenters. The van der Waals surface area contributed by atoms with E-state index in [-0.39, 0.29) is 23.3 Å². The average molecular weight is 341 g/mol. The van der Waals surface area contributed by atoms with Crippen LogP contribution in [0, 0.1) is 17.3 Å². The number of aliphatic hydroxyl groups excluding tert-OH is 1. The molecule has 0 spiro atoms. The first kappa shape index (κ1) is 19.7. The Morgan fingerprint density at radius 1 is 1.33 bits per heavy atom. The van der Waals surface area contributed by atoms with E-state index in [0.29, 0.717) is 19.1 Å². The van der Waals surface area contributed by atoms with Gasteiger partial charge in [-0.25, -0.2) is 0 Å². The molecule has 2 aliphatic rings. The van der Waals surface area contributed by atoms with E-state index in [2.05, 4.69) is 31.0 Å². The predicted molar refractivity (Wildman–Crippen MR) is 95.8 cm³/mol. The summed E-state index contributed by atoms with van der Waals surface area (Å²) >= 11 is 0. The minimum atomic E-state index is -0.424. The summed E-state index contributed by atoms with van der Waals surface area (Å²) < 4.78 is 4.98. The summed E-state index contributed by atoms with van der Waals surface area (Å²) in [5.41, 5.74) is 0.278. The van der Waals surface area contributed by atoms with Crippen molar-refractivity contribution in [3.63, 3.8) is 0 Å². The number of ether oxygens (including phenoxy) is 1. The van der Waals surface area contributed by atoms with Gasteiger partial charge in [-0.2, -0.15) is 0 Å². The molecule has 0 aromatic heterocycles. The summed E-state index contributed by atoms with van der Waals surface area (Å²) in [6, 6.07) is 0.286. The highest BCUT2D eigenvalue weighted by molar-refractivity contribution is 5.79. The third-order valence-electron chi connectivity index (χ3n) is 5.52. The maximum Gasteiger partial charge on any atom is 0.223 e. The molecule has 1 aliphatic heterocycles. The van der Waals surface area contributed by atoms with E-state index in [1.807, 2.05) is 0 Å². The molecule has 0 radical (unpaired) electrons. The van der Waals surface area contributed by atoms with E-state index >= 15 is 0 Å². The smallest absolute Gasteiger partial charge is 0.223 e. The Kier molecular flexibility index (Phi) is 7.08. The lowest BCUT2D eigenvalue weighted by Crippen LogP contribution is -2.49. The van der Waals surface area contributed by atoms with E-state index in [9.17, 15) is 9.90 Å². The van der Waals surface area contributed by atoms with Crippen molar-refractivity contribution < 1.29 is 14.6 Å². The summed E-state index contributed by atoms with van der Waals surface area (Å²) in [5.74, 6) is 1.06. The van der Waals surface area contributed by atoms with Gasteiger partial charge in [0.25, 0.3) is 0 Å². The van der Waals surface area contributed by atoms with Gasteiger partial charge in [0, 0.05) is 38.7 Å². The highest BCUT2D eigenvalue weighted by Gasteiger charge is 2.36. The second kappa shape index (κ2) is 8.63. The third kappa shape index (κ3) is 6.01. The molecule has 0 bridgehead atoms. The number of nitrogens with one attached hydrogen (secondary N) is 1. The fourth-order valence-corrected chi connectivity index (χ4v) is 4.67. The van der Waals surface area contributed by atoms with Crippen LogP contribution in [-0.2, 0) is 9.53 Å². The maximum absolute atomic E-state index is 12.7. The zero-order valence-electron chi connectivity index (χ0n) is 15.9. The molecular weight excluding hydrogens is 304 g/mol. The Labute approximate surface area is 147 Å². The molecule has 0 unspecified atom stereocenters. The standard InChI is InChI=1S/C19H36N2O3/c1-14-9-15(11-19(2,3)10-14)18(23)20-16-5-7-21(8-6-16)12-17(22)13-24-4/h14-17,22H,5-13H2,1-4H3,(H,20,23)/t14-,15+,17-/m1/s1. The number of hydrogen-bond donors (Lipinski definition) is 2. The number of rotatable bonds is 6. The van der Waals surface area contributed by atoms with Crippen molar-refractivity contribution in [3.8, 4) is 0 Å². The van der Waals surface area contributed by atoms with E-state index in [4.69, 9.17) is 4.74 Å². The molecule has 5 nitrogen and oxygen atoms in total. The van der Waals surface area contributed by atoms with Crippen molar-refractivity contribution in [1.29, 1.82) is 0 Å². The first-order valence-electron chi connectivity index (χ1n) is 9.49. The Bertz CT molecular complexity index is 405. The number of β-amino-alcohol motifs (C(OH)–C–C–N with tert-alkyl or cyclic N) is 1. The Hall–Kier alpha value is -0.650. The molecule has 0 aromatic rings. The Morgan fingerprint density at radius 3 is 2.58 bits per heavy atom. The van der Waals surface area contributed by atoms with Crippen LogP contribution in [0.1, 0.15) is 52.9 Å². The van der Waals surface area contributed by atoms with Gasteiger partial charge < -0.3 is 20.1 Å². The number of carbonyl (C=O) groups excluding carboxylic acids is 1. The molecule has 1 heterocycles. The minimum absolute atomic E-state index is 0.172. The van der Waals surface area contributed by atoms with Gasteiger partial charge in [0.05, 0.1) is 12.7 Å². The van der Waals surface area contributed by atoms with Crippen LogP contribution in [0.25, 0.3) is 0 Å². The topological polar surface area (TPSA) is 61.8 Å². The van der Waals surface area contributed by atoms with Gasteiger partial charge >= 0.3 is 0 Å². The van der Waals surface area contributed by atoms with Crippen LogP contribution in [0.15, 0.2) is 0 Å². The van der Waals surface area contributed by atoms with Gasteiger partial charge in [-0.15, -0.1) is 0 Å². The zero-order valence-corrected chi connectivity index (χ0v) is 15.9. The molecule has 2 N–H and O–H groups in total. The molecule has 2 fully saturated rings. The molecule has 24 heavy (non-hydrogen) atoms. The lowest BCUT2D eigenvalue weighted by atomic mass is 9.68. The van der Waals surface area contributed by atoms with Crippen LogP contribution in [-0.4, -0.2) is 61.4 Å². The van der Waals surface area contributed by atoms with Gasteiger partial charge in [-0.1, -0.05) is 20.8 Å². The average Bonchev–Trinajstić information content (AvgIpc) is 2.47. The molecular formula is C19H36N2O3. The summed E-state index contributed by atoms with van der Waals surface area (Å²) in [7, 11) is 1.61. The first-order chi connectivity index (χ1) is 11.3. The van der Waals surface area contributed by atoms with Crippen LogP contribution in [0.3, 0.4) is 0 Å². The number of piperidine rings is 1. The number of carbonyl (C=O) groups is 1. The molecule has 1 amide bonds. The van der Waals surface area contributed by atoms with Crippen LogP contribution >= 0.6 is 0 Å². The number of hydrogen-bond acceptors (Lipinski definition) is 4. The molecule has 2 rings (SSSR count). The molecule has 1 aliphatic carbocycles. The lowest BCUT2D eigenvalue weighted by Gasteiger charge is -2.39. The van der Waals surface area contributed by atoms with Crippen LogP contribution < -0.4 is 5.32 Å². The van der Waals surface area contributed by atoms with Gasteiger partial charge in [-0.3, -0.25) is 4.79 Å². The van der Waals surface area contributed by atoms with E-state index in [0.717, 1.165) is 38.8 Å². The van der Waals surface area contributed by atoms with Gasteiger partial charge in [0.15, 0.2) is 0 Å². The first-order valence-corrected chi connectivity index (χ1v) is 9.49. The summed E-state index contributed by atoms with van der Waals surface area (Å²) in [5, 5.41) is 13.1. The number of aliphatic hydroxyl groups is 1. The van der Waals surface area contributed by atoms with Gasteiger partial charge in [-0.05, 0) is 43.4 Å². The maximum atomic E-state index is 12.7. The number of nitrogens with zero attached hydrogens (tertiary/aromatic N) is 1. The fourth-order valence-electron chi connectivity index (χ4n) is 4.67. The Balaban J connectivity index is 1.74. The highest BCUT2D eigenvalue weighted by Crippen LogP contribution is 2.41. The van der Waals surface area contributed by atoms with Crippen molar-refractivity contribution in [1.82, 2.24) is 10.2 Å². The quantitative estimate of drug-likeness (QED) is 0.777. The monoisotopic (exact) mass is 340 g/mol. The summed E-state index contributed by atoms with van der Waals surface area (Å²) in [6.07, 6.45) is 4.77. The normalized spacial score (nSPS) is 30.0. The SMILES string of the molecule is COC[C@H](O)CN1CCC(NC(=O)[C@H]2C[C@@H](C)CC(C)(C)C2)CC1. The fraction of sp³-hybridized carbons (Fsp3) is 0.947. The largest absolute Gasteiger partial charge is 0.389 e. The predicted octanol–water partition coefficient (Wildman–Crippen LogP) is 2.04. The van der Waals surface area contributed by atoms with E-state index in [1.54, 1.807) is 7.11 Å². The molecule has 1 saturated heterocycles.